The van der Waals surface area contributed by atoms with E-state index < -0.39 is 6.03 Å². The number of hydrogen-bond acceptors (Lipinski definition) is 1. The van der Waals surface area contributed by atoms with Gasteiger partial charge in [-0.1, -0.05) is 11.6 Å². The molecular weight excluding hydrogens is 164 g/mol. The fourth-order valence-corrected chi connectivity index (χ4v) is 0.790. The van der Waals surface area contributed by atoms with Crippen LogP contribution in [0.25, 0.3) is 0 Å². The van der Waals surface area contributed by atoms with Gasteiger partial charge in [-0.15, -0.1) is 0 Å². The topological polar surface area (TPSA) is 52.9 Å². The highest BCUT2D eigenvalue weighted by atomic mass is 35.5. The van der Waals surface area contributed by atoms with Gasteiger partial charge in [-0.3, -0.25) is 0 Å². The van der Waals surface area contributed by atoms with Gasteiger partial charge in [0.05, 0.1) is 0 Å². The van der Waals surface area contributed by atoms with E-state index >= 15 is 0 Å². The maximum Gasteiger partial charge on any atom is 0.337 e. The zero-order valence-corrected chi connectivity index (χ0v) is 6.35. The van der Waals surface area contributed by atoms with Crippen molar-refractivity contribution in [2.75, 3.05) is 5.32 Å². The summed E-state index contributed by atoms with van der Waals surface area (Å²) in [6.45, 7) is 0. The van der Waals surface area contributed by atoms with E-state index in [0.29, 0.717) is 10.7 Å². The van der Waals surface area contributed by atoms with Crippen molar-refractivity contribution in [3.05, 3.63) is 29.3 Å². The van der Waals surface area contributed by atoms with Gasteiger partial charge in [0.25, 0.3) is 0 Å². The first-order chi connectivity index (χ1) is 5.18. The minimum absolute atomic E-state index is 0.578. The highest BCUT2D eigenvalue weighted by Gasteiger charge is 1.94. The first kappa shape index (κ1) is 7.88. The maximum absolute atomic E-state index is 10.2. The standard InChI is InChI=1S/C7H6ClN2O/c8-5-1-3-6(4-2-5)10-7(9)11/h1-4,9H,(H,10,11). The Morgan fingerprint density at radius 3 is 2.36 bits per heavy atom. The molecule has 0 spiro atoms. The smallest absolute Gasteiger partial charge is 0.307 e. The number of carbonyl (C=O) groups is 1. The van der Waals surface area contributed by atoms with Crippen LogP contribution >= 0.6 is 11.6 Å². The molecule has 57 valence electrons. The Labute approximate surface area is 69.2 Å². The van der Waals surface area contributed by atoms with E-state index in [1.54, 1.807) is 24.3 Å². The summed E-state index contributed by atoms with van der Waals surface area (Å²) in [7, 11) is 0. The molecule has 1 rings (SSSR count). The van der Waals surface area contributed by atoms with Crippen LogP contribution in [0.1, 0.15) is 0 Å². The molecular formula is C7H6ClN2O. The van der Waals surface area contributed by atoms with Gasteiger partial charge in [-0.25, -0.2) is 10.5 Å². The molecule has 0 fully saturated rings. The second-order valence-corrected chi connectivity index (χ2v) is 2.40. The van der Waals surface area contributed by atoms with Crippen LogP contribution in [-0.2, 0) is 0 Å². The van der Waals surface area contributed by atoms with Gasteiger partial charge < -0.3 is 5.32 Å². The monoisotopic (exact) mass is 169 g/mol. The SMILES string of the molecule is [NH]C(=O)Nc1ccc(Cl)cc1. The third-order valence-electron chi connectivity index (χ3n) is 1.10. The normalized spacial score (nSPS) is 9.18. The zero-order chi connectivity index (χ0) is 8.27. The number of hydrogen-bond donors (Lipinski definition) is 1. The molecule has 11 heavy (non-hydrogen) atoms. The molecule has 1 aromatic carbocycles. The highest BCUT2D eigenvalue weighted by molar-refractivity contribution is 6.30. The van der Waals surface area contributed by atoms with Crippen LogP contribution in [0.5, 0.6) is 0 Å². The number of urea groups is 1. The van der Waals surface area contributed by atoms with Crippen molar-refractivity contribution in [1.29, 1.82) is 0 Å². The average Bonchev–Trinajstić information content (AvgIpc) is 1.93. The van der Waals surface area contributed by atoms with E-state index in [0.717, 1.165) is 0 Å². The second-order valence-electron chi connectivity index (χ2n) is 1.96. The largest absolute Gasteiger partial charge is 0.337 e. The van der Waals surface area contributed by atoms with Crippen LogP contribution in [0.4, 0.5) is 10.5 Å². The quantitative estimate of drug-likeness (QED) is 0.688. The molecule has 0 unspecified atom stereocenters. The summed E-state index contributed by atoms with van der Waals surface area (Å²) in [5, 5.41) is 2.91. The predicted molar refractivity (Wildman–Crippen MR) is 43.6 cm³/mol. The van der Waals surface area contributed by atoms with E-state index in [-0.39, 0.29) is 0 Å². The molecule has 0 aliphatic heterocycles. The van der Waals surface area contributed by atoms with E-state index in [2.05, 4.69) is 5.32 Å². The van der Waals surface area contributed by atoms with Crippen molar-refractivity contribution >= 4 is 23.3 Å². The van der Waals surface area contributed by atoms with Crippen LogP contribution < -0.4 is 11.1 Å². The third-order valence-corrected chi connectivity index (χ3v) is 1.35. The van der Waals surface area contributed by atoms with Gasteiger partial charge in [0, 0.05) is 10.7 Å². The van der Waals surface area contributed by atoms with E-state index in [4.69, 9.17) is 17.3 Å². The number of amides is 2. The number of nitrogens with one attached hydrogen (secondary N) is 2. The number of rotatable bonds is 1. The molecule has 0 aliphatic rings. The zero-order valence-electron chi connectivity index (χ0n) is 5.60. The summed E-state index contributed by atoms with van der Waals surface area (Å²) in [5.74, 6) is 0. The van der Waals surface area contributed by atoms with Gasteiger partial charge in [-0.05, 0) is 24.3 Å². The summed E-state index contributed by atoms with van der Waals surface area (Å²) in [5.41, 5.74) is 7.16. The van der Waals surface area contributed by atoms with E-state index in [1.165, 1.54) is 0 Å². The molecule has 0 atom stereocenters. The summed E-state index contributed by atoms with van der Waals surface area (Å²) in [6, 6.07) is 5.73. The fraction of sp³-hybridized carbons (Fsp3) is 0. The Hall–Kier alpha value is -1.22. The van der Waals surface area contributed by atoms with Crippen molar-refractivity contribution in [3.63, 3.8) is 0 Å². The first-order valence-corrected chi connectivity index (χ1v) is 3.34. The molecule has 0 saturated heterocycles. The van der Waals surface area contributed by atoms with Gasteiger partial charge in [0.15, 0.2) is 0 Å². The Morgan fingerprint density at radius 1 is 1.36 bits per heavy atom. The van der Waals surface area contributed by atoms with Crippen molar-refractivity contribution in [3.8, 4) is 0 Å². The Balaban J connectivity index is 2.74. The lowest BCUT2D eigenvalue weighted by molar-refractivity contribution is 0.258. The van der Waals surface area contributed by atoms with Crippen molar-refractivity contribution in [1.82, 2.24) is 5.73 Å². The molecule has 2 N–H and O–H groups in total. The molecule has 2 amide bonds. The number of halogens is 1. The minimum Gasteiger partial charge on any atom is -0.307 e. The third kappa shape index (κ3) is 2.47. The van der Waals surface area contributed by atoms with Crippen LogP contribution in [0.2, 0.25) is 5.02 Å². The molecule has 0 aliphatic carbocycles. The Kier molecular flexibility index (Phi) is 2.33. The number of benzene rings is 1. The number of carbonyl (C=O) groups excluding carboxylic acids is 1. The molecule has 1 radical (unpaired) electrons. The summed E-state index contributed by atoms with van der Waals surface area (Å²) in [6.07, 6.45) is 0. The van der Waals surface area contributed by atoms with Crippen LogP contribution in [-0.4, -0.2) is 6.03 Å². The van der Waals surface area contributed by atoms with Crippen LogP contribution in [0.15, 0.2) is 24.3 Å². The van der Waals surface area contributed by atoms with Gasteiger partial charge in [0.1, 0.15) is 0 Å². The van der Waals surface area contributed by atoms with Crippen molar-refractivity contribution in [2.24, 2.45) is 0 Å². The molecule has 1 aromatic rings. The van der Waals surface area contributed by atoms with E-state index in [1.807, 2.05) is 0 Å². The average molecular weight is 170 g/mol. The van der Waals surface area contributed by atoms with Crippen molar-refractivity contribution in [2.45, 2.75) is 0 Å². The molecule has 0 saturated carbocycles. The molecule has 0 aromatic heterocycles. The van der Waals surface area contributed by atoms with Gasteiger partial charge in [0.2, 0.25) is 0 Å². The maximum atomic E-state index is 10.2. The molecule has 0 heterocycles. The summed E-state index contributed by atoms with van der Waals surface area (Å²) >= 11 is 5.59. The fourth-order valence-electron chi connectivity index (χ4n) is 0.664. The molecule has 0 bridgehead atoms. The van der Waals surface area contributed by atoms with Crippen LogP contribution in [0.3, 0.4) is 0 Å². The molecule has 3 nitrogen and oxygen atoms in total. The second kappa shape index (κ2) is 3.25. The van der Waals surface area contributed by atoms with Crippen LogP contribution in [0, 0.1) is 0 Å². The minimum atomic E-state index is -0.827. The van der Waals surface area contributed by atoms with Gasteiger partial charge >= 0.3 is 6.03 Å². The number of anilines is 1. The Bertz CT molecular complexity index is 258. The van der Waals surface area contributed by atoms with Crippen molar-refractivity contribution < 1.29 is 4.79 Å². The first-order valence-electron chi connectivity index (χ1n) is 2.96. The van der Waals surface area contributed by atoms with E-state index in [9.17, 15) is 4.79 Å². The summed E-state index contributed by atoms with van der Waals surface area (Å²) < 4.78 is 0. The molecule has 4 heteroatoms. The lowest BCUT2D eigenvalue weighted by Gasteiger charge is -1.98. The lowest BCUT2D eigenvalue weighted by atomic mass is 10.3. The Morgan fingerprint density at radius 2 is 1.91 bits per heavy atom. The predicted octanol–water partition coefficient (Wildman–Crippen LogP) is 2.15. The van der Waals surface area contributed by atoms with Gasteiger partial charge in [-0.2, -0.15) is 0 Å². The lowest BCUT2D eigenvalue weighted by Crippen LogP contribution is -2.08. The highest BCUT2D eigenvalue weighted by Crippen LogP contribution is 2.12. The summed E-state index contributed by atoms with van der Waals surface area (Å²) in [4.78, 5) is 10.2.